The molecule has 0 aliphatic carbocycles. The van der Waals surface area contributed by atoms with Crippen LogP contribution in [0.5, 0.6) is 0 Å². The monoisotopic (exact) mass is 323 g/mol. The van der Waals surface area contributed by atoms with Gasteiger partial charge in [0.15, 0.2) is 5.82 Å². The molecule has 2 N–H and O–H groups in total. The standard InChI is InChI=1S/C17H11F2N5/c18-11-3-4-14(13(19)8-11)23-16-12(2-1-6-20-16)17-22-9-10-5-7-21-15(10)24-17/h1-9H,(H,20,23)(H,21,22,24). The zero-order valence-corrected chi connectivity index (χ0v) is 12.3. The van der Waals surface area contributed by atoms with Gasteiger partial charge in [-0.05, 0) is 30.3 Å². The van der Waals surface area contributed by atoms with Gasteiger partial charge in [0.25, 0.3) is 0 Å². The topological polar surface area (TPSA) is 66.5 Å². The van der Waals surface area contributed by atoms with Crippen molar-refractivity contribution in [3.8, 4) is 11.4 Å². The maximum atomic E-state index is 13.9. The number of hydrogen-bond donors (Lipinski definition) is 2. The Morgan fingerprint density at radius 3 is 2.83 bits per heavy atom. The molecule has 0 spiro atoms. The highest BCUT2D eigenvalue weighted by Gasteiger charge is 2.12. The third-order valence-electron chi connectivity index (χ3n) is 3.53. The molecular weight excluding hydrogens is 312 g/mol. The first-order valence-electron chi connectivity index (χ1n) is 7.18. The van der Waals surface area contributed by atoms with E-state index in [1.165, 1.54) is 12.1 Å². The van der Waals surface area contributed by atoms with Gasteiger partial charge in [0, 0.05) is 30.0 Å². The summed E-state index contributed by atoms with van der Waals surface area (Å²) in [6, 6.07) is 8.69. The summed E-state index contributed by atoms with van der Waals surface area (Å²) in [4.78, 5) is 16.0. The molecule has 0 unspecified atom stereocenters. The Morgan fingerprint density at radius 2 is 1.96 bits per heavy atom. The van der Waals surface area contributed by atoms with Crippen LogP contribution in [0.25, 0.3) is 22.4 Å². The zero-order chi connectivity index (χ0) is 16.5. The average molecular weight is 323 g/mol. The minimum absolute atomic E-state index is 0.123. The lowest BCUT2D eigenvalue weighted by atomic mass is 10.2. The van der Waals surface area contributed by atoms with Crippen LogP contribution in [-0.4, -0.2) is 19.9 Å². The van der Waals surface area contributed by atoms with E-state index in [0.717, 1.165) is 11.5 Å². The van der Waals surface area contributed by atoms with E-state index in [1.54, 1.807) is 30.7 Å². The Kier molecular flexibility index (Phi) is 3.38. The first kappa shape index (κ1) is 14.3. The summed E-state index contributed by atoms with van der Waals surface area (Å²) in [6.07, 6.45) is 5.04. The van der Waals surface area contributed by atoms with E-state index in [0.29, 0.717) is 22.9 Å². The number of benzene rings is 1. The Labute approximate surface area is 135 Å². The molecule has 4 rings (SSSR count). The minimum atomic E-state index is -0.702. The Morgan fingerprint density at radius 1 is 1.04 bits per heavy atom. The average Bonchev–Trinajstić information content (AvgIpc) is 3.05. The molecule has 0 atom stereocenters. The zero-order valence-electron chi connectivity index (χ0n) is 12.3. The van der Waals surface area contributed by atoms with Crippen LogP contribution in [0.3, 0.4) is 0 Å². The van der Waals surface area contributed by atoms with Crippen LogP contribution in [0, 0.1) is 11.6 Å². The quantitative estimate of drug-likeness (QED) is 0.597. The smallest absolute Gasteiger partial charge is 0.165 e. The van der Waals surface area contributed by atoms with E-state index >= 15 is 0 Å². The van der Waals surface area contributed by atoms with Crippen molar-refractivity contribution < 1.29 is 8.78 Å². The highest BCUT2D eigenvalue weighted by atomic mass is 19.1. The number of aromatic amines is 1. The molecule has 7 heteroatoms. The number of hydrogen-bond acceptors (Lipinski definition) is 4. The van der Waals surface area contributed by atoms with Gasteiger partial charge in [-0.2, -0.15) is 0 Å². The third kappa shape index (κ3) is 2.56. The predicted molar refractivity (Wildman–Crippen MR) is 86.8 cm³/mol. The van der Waals surface area contributed by atoms with Gasteiger partial charge in [0.1, 0.15) is 23.1 Å². The van der Waals surface area contributed by atoms with Crippen LogP contribution in [0.2, 0.25) is 0 Å². The van der Waals surface area contributed by atoms with E-state index in [4.69, 9.17) is 0 Å². The van der Waals surface area contributed by atoms with Gasteiger partial charge >= 0.3 is 0 Å². The summed E-state index contributed by atoms with van der Waals surface area (Å²) in [6.45, 7) is 0. The van der Waals surface area contributed by atoms with Crippen molar-refractivity contribution >= 4 is 22.5 Å². The second-order valence-corrected chi connectivity index (χ2v) is 5.12. The number of nitrogens with zero attached hydrogens (tertiary/aromatic N) is 3. The molecular formula is C17H11F2N5. The second kappa shape index (κ2) is 5.69. The summed E-state index contributed by atoms with van der Waals surface area (Å²) in [5.41, 5.74) is 1.43. The summed E-state index contributed by atoms with van der Waals surface area (Å²) in [5, 5.41) is 3.76. The van der Waals surface area contributed by atoms with Crippen molar-refractivity contribution in [2.24, 2.45) is 0 Å². The molecule has 4 aromatic rings. The molecule has 0 fully saturated rings. The van der Waals surface area contributed by atoms with E-state index in [1.807, 2.05) is 6.07 Å². The third-order valence-corrected chi connectivity index (χ3v) is 3.53. The van der Waals surface area contributed by atoms with Gasteiger partial charge in [0.2, 0.25) is 0 Å². The maximum Gasteiger partial charge on any atom is 0.165 e. The van der Waals surface area contributed by atoms with Crippen LogP contribution in [0.4, 0.5) is 20.3 Å². The van der Waals surface area contributed by atoms with Crippen LogP contribution < -0.4 is 5.32 Å². The fourth-order valence-corrected chi connectivity index (χ4v) is 2.37. The van der Waals surface area contributed by atoms with Crippen molar-refractivity contribution in [2.75, 3.05) is 5.32 Å². The van der Waals surface area contributed by atoms with Crippen LogP contribution >= 0.6 is 0 Å². The number of nitrogens with one attached hydrogen (secondary N) is 2. The molecule has 118 valence electrons. The lowest BCUT2D eigenvalue weighted by Crippen LogP contribution is -2.00. The molecule has 0 saturated heterocycles. The highest BCUT2D eigenvalue weighted by Crippen LogP contribution is 2.28. The summed E-state index contributed by atoms with van der Waals surface area (Å²) < 4.78 is 26.9. The molecule has 0 aliphatic rings. The van der Waals surface area contributed by atoms with Gasteiger partial charge in [-0.25, -0.2) is 23.7 Å². The molecule has 0 saturated carbocycles. The molecule has 0 bridgehead atoms. The Balaban J connectivity index is 1.77. The predicted octanol–water partition coefficient (Wildman–Crippen LogP) is 4.04. The number of pyridine rings is 1. The molecule has 24 heavy (non-hydrogen) atoms. The van der Waals surface area contributed by atoms with Gasteiger partial charge in [0.05, 0.1) is 11.3 Å². The molecule has 0 radical (unpaired) electrons. The highest BCUT2D eigenvalue weighted by molar-refractivity contribution is 5.80. The molecule has 0 amide bonds. The minimum Gasteiger partial charge on any atom is -0.346 e. The SMILES string of the molecule is Fc1ccc(Nc2ncccc2-c2ncc3cc[nH]c3n2)c(F)c1. The fraction of sp³-hybridized carbons (Fsp3) is 0. The molecule has 3 heterocycles. The first-order valence-corrected chi connectivity index (χ1v) is 7.18. The molecule has 1 aromatic carbocycles. The van der Waals surface area contributed by atoms with Crippen molar-refractivity contribution in [1.29, 1.82) is 0 Å². The van der Waals surface area contributed by atoms with E-state index in [2.05, 4.69) is 25.3 Å². The van der Waals surface area contributed by atoms with Gasteiger partial charge in [-0.1, -0.05) is 0 Å². The lowest BCUT2D eigenvalue weighted by molar-refractivity contribution is 0.586. The van der Waals surface area contributed by atoms with Crippen LogP contribution in [0.15, 0.2) is 55.0 Å². The molecule has 3 aromatic heterocycles. The van der Waals surface area contributed by atoms with Crippen molar-refractivity contribution in [2.45, 2.75) is 0 Å². The van der Waals surface area contributed by atoms with Crippen molar-refractivity contribution in [3.05, 3.63) is 66.6 Å². The van der Waals surface area contributed by atoms with Crippen molar-refractivity contribution in [3.63, 3.8) is 0 Å². The molecule has 5 nitrogen and oxygen atoms in total. The first-order chi connectivity index (χ1) is 11.7. The number of anilines is 2. The number of halogens is 2. The van der Waals surface area contributed by atoms with Crippen molar-refractivity contribution in [1.82, 2.24) is 19.9 Å². The Bertz CT molecular complexity index is 1030. The normalized spacial score (nSPS) is 10.9. The number of rotatable bonds is 3. The Hall–Kier alpha value is -3.35. The van der Waals surface area contributed by atoms with E-state index < -0.39 is 11.6 Å². The maximum absolute atomic E-state index is 13.9. The van der Waals surface area contributed by atoms with Gasteiger partial charge < -0.3 is 10.3 Å². The van der Waals surface area contributed by atoms with E-state index in [9.17, 15) is 8.78 Å². The fourth-order valence-electron chi connectivity index (χ4n) is 2.37. The number of aromatic nitrogens is 4. The number of H-pyrrole nitrogens is 1. The van der Waals surface area contributed by atoms with E-state index in [-0.39, 0.29) is 5.69 Å². The van der Waals surface area contributed by atoms with Crippen LogP contribution in [0.1, 0.15) is 0 Å². The largest absolute Gasteiger partial charge is 0.346 e. The second-order valence-electron chi connectivity index (χ2n) is 5.12. The number of fused-ring (bicyclic) bond motifs is 1. The summed E-state index contributed by atoms with van der Waals surface area (Å²) >= 11 is 0. The summed E-state index contributed by atoms with van der Waals surface area (Å²) in [5.74, 6) is -0.510. The van der Waals surface area contributed by atoms with Crippen LogP contribution in [-0.2, 0) is 0 Å². The van der Waals surface area contributed by atoms with Gasteiger partial charge in [-0.3, -0.25) is 0 Å². The van der Waals surface area contributed by atoms with Gasteiger partial charge in [-0.15, -0.1) is 0 Å². The summed E-state index contributed by atoms with van der Waals surface area (Å²) in [7, 11) is 0. The lowest BCUT2D eigenvalue weighted by Gasteiger charge is -2.10. The molecule has 0 aliphatic heterocycles.